The molecule has 0 bridgehead atoms. The first-order valence-corrected chi connectivity index (χ1v) is 10.5. The van der Waals surface area contributed by atoms with Crippen LogP contribution in [0.2, 0.25) is 0 Å². The molecule has 144 valence electrons. The SMILES string of the molecule is O=C(C1CCOCC1)N(O)S(=O)(=O)c1ccc(Sc2ccc(F)cc2)cc1. The lowest BCUT2D eigenvalue weighted by atomic mass is 10.00. The zero-order valence-corrected chi connectivity index (χ0v) is 15.9. The van der Waals surface area contributed by atoms with Crippen LogP contribution in [0, 0.1) is 11.7 Å². The maximum atomic E-state index is 12.9. The fourth-order valence-electron chi connectivity index (χ4n) is 2.64. The summed E-state index contributed by atoms with van der Waals surface area (Å²) in [4.78, 5) is 13.6. The number of halogens is 1. The van der Waals surface area contributed by atoms with Crippen molar-refractivity contribution in [1.82, 2.24) is 4.47 Å². The highest BCUT2D eigenvalue weighted by Crippen LogP contribution is 2.29. The smallest absolute Gasteiger partial charge is 0.289 e. The molecular weight excluding hydrogens is 393 g/mol. The van der Waals surface area contributed by atoms with E-state index < -0.39 is 21.8 Å². The van der Waals surface area contributed by atoms with Gasteiger partial charge in [-0.25, -0.2) is 4.39 Å². The first-order valence-electron chi connectivity index (χ1n) is 8.27. The first kappa shape index (κ1) is 19.8. The molecule has 9 heteroatoms. The van der Waals surface area contributed by atoms with Crippen LogP contribution in [-0.4, -0.2) is 37.2 Å². The molecule has 3 rings (SSSR count). The highest BCUT2D eigenvalue weighted by molar-refractivity contribution is 7.99. The van der Waals surface area contributed by atoms with Crippen molar-refractivity contribution in [3.63, 3.8) is 0 Å². The molecule has 0 aromatic heterocycles. The Hall–Kier alpha value is -1.94. The van der Waals surface area contributed by atoms with Crippen LogP contribution in [0.3, 0.4) is 0 Å². The molecule has 6 nitrogen and oxygen atoms in total. The number of hydrogen-bond donors (Lipinski definition) is 1. The van der Waals surface area contributed by atoms with E-state index in [1.807, 2.05) is 0 Å². The number of sulfonamides is 1. The topological polar surface area (TPSA) is 83.9 Å². The van der Waals surface area contributed by atoms with E-state index in [1.165, 1.54) is 36.0 Å². The molecule has 1 saturated heterocycles. The van der Waals surface area contributed by atoms with Crippen LogP contribution in [0.1, 0.15) is 12.8 Å². The van der Waals surface area contributed by atoms with Gasteiger partial charge in [-0.15, -0.1) is 4.47 Å². The Labute approximate surface area is 161 Å². The van der Waals surface area contributed by atoms with Crippen LogP contribution in [-0.2, 0) is 19.6 Å². The molecule has 2 aromatic rings. The normalized spacial score (nSPS) is 15.5. The summed E-state index contributed by atoms with van der Waals surface area (Å²) in [7, 11) is -4.34. The number of ether oxygens (including phenoxy) is 1. The van der Waals surface area contributed by atoms with Crippen molar-refractivity contribution in [2.45, 2.75) is 27.5 Å². The molecule has 1 heterocycles. The van der Waals surface area contributed by atoms with Crippen molar-refractivity contribution in [3.05, 3.63) is 54.3 Å². The van der Waals surface area contributed by atoms with Crippen molar-refractivity contribution < 1.29 is 27.5 Å². The minimum Gasteiger partial charge on any atom is -0.381 e. The monoisotopic (exact) mass is 411 g/mol. The summed E-state index contributed by atoms with van der Waals surface area (Å²) in [5.41, 5.74) is 0. The van der Waals surface area contributed by atoms with Gasteiger partial charge in [-0.1, -0.05) is 11.8 Å². The zero-order chi connectivity index (χ0) is 19.4. The van der Waals surface area contributed by atoms with E-state index in [4.69, 9.17) is 4.74 Å². The molecular formula is C18H18FNO5S2. The number of carbonyl (C=O) groups excluding carboxylic acids is 1. The second-order valence-electron chi connectivity index (χ2n) is 6.00. The average Bonchev–Trinajstić information content (AvgIpc) is 2.69. The van der Waals surface area contributed by atoms with Gasteiger partial charge in [0.25, 0.3) is 15.9 Å². The molecule has 2 aromatic carbocycles. The largest absolute Gasteiger partial charge is 0.381 e. The molecule has 0 unspecified atom stereocenters. The highest BCUT2D eigenvalue weighted by Gasteiger charge is 2.34. The number of nitrogens with zero attached hydrogens (tertiary/aromatic N) is 1. The van der Waals surface area contributed by atoms with E-state index in [0.29, 0.717) is 26.1 Å². The number of amides is 1. The predicted molar refractivity (Wildman–Crippen MR) is 96.3 cm³/mol. The lowest BCUT2D eigenvalue weighted by Gasteiger charge is -2.24. The van der Waals surface area contributed by atoms with Gasteiger partial charge in [0.1, 0.15) is 5.82 Å². The number of hydroxylamine groups is 1. The second kappa shape index (κ2) is 8.39. The molecule has 0 spiro atoms. The molecule has 1 aliphatic heterocycles. The molecule has 1 fully saturated rings. The van der Waals surface area contributed by atoms with Crippen molar-refractivity contribution in [2.75, 3.05) is 13.2 Å². The summed E-state index contributed by atoms with van der Waals surface area (Å²) < 4.78 is 42.9. The Morgan fingerprint density at radius 1 is 1.04 bits per heavy atom. The standard InChI is InChI=1S/C18H18FNO5S2/c19-14-1-3-15(4-2-14)26-16-5-7-17(8-6-16)27(23,24)20(22)18(21)13-9-11-25-12-10-13/h1-8,13,22H,9-12H2. The summed E-state index contributed by atoms with van der Waals surface area (Å²) >= 11 is 1.33. The van der Waals surface area contributed by atoms with Crippen molar-refractivity contribution in [1.29, 1.82) is 0 Å². The van der Waals surface area contributed by atoms with Gasteiger partial charge in [0.15, 0.2) is 0 Å². The predicted octanol–water partition coefficient (Wildman–Crippen LogP) is 3.31. The Bertz CT molecular complexity index is 894. The maximum absolute atomic E-state index is 12.9. The third-order valence-electron chi connectivity index (χ3n) is 4.16. The molecule has 27 heavy (non-hydrogen) atoms. The van der Waals surface area contributed by atoms with Gasteiger partial charge in [-0.05, 0) is 61.4 Å². The molecule has 0 atom stereocenters. The van der Waals surface area contributed by atoms with E-state index >= 15 is 0 Å². The van der Waals surface area contributed by atoms with Gasteiger partial charge >= 0.3 is 0 Å². The Morgan fingerprint density at radius 2 is 1.56 bits per heavy atom. The molecule has 0 aliphatic carbocycles. The van der Waals surface area contributed by atoms with Crippen LogP contribution >= 0.6 is 11.8 Å². The summed E-state index contributed by atoms with van der Waals surface area (Å²) in [6.07, 6.45) is 0.747. The van der Waals surface area contributed by atoms with Crippen LogP contribution in [0.25, 0.3) is 0 Å². The highest BCUT2D eigenvalue weighted by atomic mass is 32.2. The average molecular weight is 411 g/mol. The van der Waals surface area contributed by atoms with E-state index in [-0.39, 0.29) is 15.2 Å². The van der Waals surface area contributed by atoms with Crippen LogP contribution < -0.4 is 0 Å². The molecule has 0 saturated carbocycles. The van der Waals surface area contributed by atoms with Gasteiger partial charge in [-0.2, -0.15) is 8.42 Å². The summed E-state index contributed by atoms with van der Waals surface area (Å²) in [6.45, 7) is 0.721. The van der Waals surface area contributed by atoms with Crippen LogP contribution in [0.15, 0.2) is 63.2 Å². The van der Waals surface area contributed by atoms with Crippen molar-refractivity contribution in [2.24, 2.45) is 5.92 Å². The molecule has 0 radical (unpaired) electrons. The number of hydrogen-bond acceptors (Lipinski definition) is 6. The van der Waals surface area contributed by atoms with Crippen LogP contribution in [0.4, 0.5) is 4.39 Å². The fraction of sp³-hybridized carbons (Fsp3) is 0.278. The minimum absolute atomic E-state index is 0.162. The maximum Gasteiger partial charge on any atom is 0.289 e. The number of benzene rings is 2. The second-order valence-corrected chi connectivity index (χ2v) is 8.91. The van der Waals surface area contributed by atoms with Crippen LogP contribution in [0.5, 0.6) is 0 Å². The van der Waals surface area contributed by atoms with Crippen molar-refractivity contribution in [3.8, 4) is 0 Å². The van der Waals surface area contributed by atoms with Gasteiger partial charge < -0.3 is 4.74 Å². The Balaban J connectivity index is 1.72. The third-order valence-corrected chi connectivity index (χ3v) is 6.68. The van der Waals surface area contributed by atoms with E-state index in [1.54, 1.807) is 24.3 Å². The number of rotatable bonds is 5. The Morgan fingerprint density at radius 3 is 2.11 bits per heavy atom. The summed E-state index contributed by atoms with van der Waals surface area (Å²) in [5, 5.41) is 10.00. The minimum atomic E-state index is -4.34. The first-order chi connectivity index (χ1) is 12.9. The fourth-order valence-corrected chi connectivity index (χ4v) is 4.52. The number of carbonyl (C=O) groups is 1. The van der Waals surface area contributed by atoms with Crippen molar-refractivity contribution >= 4 is 27.7 Å². The van der Waals surface area contributed by atoms with E-state index in [0.717, 1.165) is 9.79 Å². The van der Waals surface area contributed by atoms with Gasteiger partial charge in [0.2, 0.25) is 0 Å². The molecule has 1 amide bonds. The van der Waals surface area contributed by atoms with Gasteiger partial charge in [-0.3, -0.25) is 10.0 Å². The van der Waals surface area contributed by atoms with Gasteiger partial charge in [0, 0.05) is 28.9 Å². The quantitative estimate of drug-likeness (QED) is 0.600. The lowest BCUT2D eigenvalue weighted by Crippen LogP contribution is -2.40. The summed E-state index contributed by atoms with van der Waals surface area (Å²) in [6, 6.07) is 11.7. The van der Waals surface area contributed by atoms with E-state index in [9.17, 15) is 22.8 Å². The van der Waals surface area contributed by atoms with E-state index in [2.05, 4.69) is 0 Å². The molecule has 1 aliphatic rings. The lowest BCUT2D eigenvalue weighted by molar-refractivity contribution is -0.153. The third kappa shape index (κ3) is 4.67. The Kier molecular flexibility index (Phi) is 6.15. The van der Waals surface area contributed by atoms with Gasteiger partial charge in [0.05, 0.1) is 4.90 Å². The molecule has 1 N–H and O–H groups in total. The summed E-state index contributed by atoms with van der Waals surface area (Å²) in [5.74, 6) is -1.76. The zero-order valence-electron chi connectivity index (χ0n) is 14.2.